The first kappa shape index (κ1) is 7.95. The van der Waals surface area contributed by atoms with E-state index in [1.807, 2.05) is 6.92 Å². The van der Waals surface area contributed by atoms with E-state index in [-0.39, 0.29) is 11.2 Å². The second-order valence-corrected chi connectivity index (χ2v) is 2.90. The van der Waals surface area contributed by atoms with Crippen molar-refractivity contribution < 1.29 is 9.90 Å². The van der Waals surface area contributed by atoms with Crippen LogP contribution in [0.15, 0.2) is 0 Å². The van der Waals surface area contributed by atoms with Gasteiger partial charge in [0.2, 0.25) is 0 Å². The Morgan fingerprint density at radius 2 is 2.38 bits per heavy atom. The summed E-state index contributed by atoms with van der Waals surface area (Å²) < 4.78 is 0. The summed E-state index contributed by atoms with van der Waals surface area (Å²) in [5, 5.41) is 8.18. The molecule has 0 aromatic carbocycles. The summed E-state index contributed by atoms with van der Waals surface area (Å²) in [5.41, 5.74) is 0. The van der Waals surface area contributed by atoms with Crippen LogP contribution >= 0.6 is 15.9 Å². The topological polar surface area (TPSA) is 37.3 Å². The normalized spacial score (nSPS) is 13.2. The zero-order chi connectivity index (χ0) is 6.57. The Labute approximate surface area is 57.0 Å². The van der Waals surface area contributed by atoms with Crippen LogP contribution in [-0.2, 0) is 4.79 Å². The molecule has 0 aromatic heterocycles. The Balaban J connectivity index is 3.24. The van der Waals surface area contributed by atoms with Crippen molar-refractivity contribution in [2.24, 2.45) is 0 Å². The smallest absolute Gasteiger partial charge is 0.304 e. The minimum absolute atomic E-state index is 0.139. The Bertz CT molecular complexity index is 82.5. The lowest BCUT2D eigenvalue weighted by molar-refractivity contribution is -0.136. The van der Waals surface area contributed by atoms with Crippen molar-refractivity contribution in [2.75, 3.05) is 0 Å². The molecule has 0 fully saturated rings. The van der Waals surface area contributed by atoms with Gasteiger partial charge in [-0.15, -0.1) is 0 Å². The molecule has 1 unspecified atom stereocenters. The van der Waals surface area contributed by atoms with Crippen LogP contribution in [0.25, 0.3) is 0 Å². The first-order chi connectivity index (χ1) is 3.66. The zero-order valence-electron chi connectivity index (χ0n) is 4.72. The van der Waals surface area contributed by atoms with Gasteiger partial charge in [-0.05, 0) is 6.42 Å². The summed E-state index contributed by atoms with van der Waals surface area (Å²) in [7, 11) is 0. The highest BCUT2D eigenvalue weighted by molar-refractivity contribution is 9.09. The number of rotatable bonds is 3. The van der Waals surface area contributed by atoms with Crippen LogP contribution < -0.4 is 0 Å². The average molecular weight is 181 g/mol. The van der Waals surface area contributed by atoms with Crippen molar-refractivity contribution in [3.05, 3.63) is 0 Å². The van der Waals surface area contributed by atoms with Crippen molar-refractivity contribution in [3.8, 4) is 0 Å². The maximum Gasteiger partial charge on any atom is 0.304 e. The maximum absolute atomic E-state index is 9.94. The van der Waals surface area contributed by atoms with Crippen molar-refractivity contribution in [1.29, 1.82) is 0 Å². The first-order valence-corrected chi connectivity index (χ1v) is 3.44. The second kappa shape index (κ2) is 3.89. The molecule has 0 saturated carbocycles. The molecule has 0 aliphatic carbocycles. The van der Waals surface area contributed by atoms with Gasteiger partial charge in [0.1, 0.15) is 0 Å². The number of hydrogen-bond acceptors (Lipinski definition) is 1. The average Bonchev–Trinajstić information content (AvgIpc) is 1.65. The van der Waals surface area contributed by atoms with Crippen LogP contribution in [0.3, 0.4) is 0 Å². The van der Waals surface area contributed by atoms with Gasteiger partial charge < -0.3 is 5.11 Å². The lowest BCUT2D eigenvalue weighted by Gasteiger charge is -1.98. The lowest BCUT2D eigenvalue weighted by atomic mass is 10.2. The second-order valence-electron chi connectivity index (χ2n) is 1.60. The molecule has 0 saturated heterocycles. The van der Waals surface area contributed by atoms with Gasteiger partial charge in [-0.1, -0.05) is 22.9 Å². The van der Waals surface area contributed by atoms with Gasteiger partial charge in [-0.25, -0.2) is 0 Å². The third-order valence-electron chi connectivity index (χ3n) is 0.839. The lowest BCUT2D eigenvalue weighted by Crippen LogP contribution is -2.04. The van der Waals surface area contributed by atoms with Crippen molar-refractivity contribution in [3.63, 3.8) is 0 Å². The molecule has 0 heterocycles. The van der Waals surface area contributed by atoms with Crippen molar-refractivity contribution >= 4 is 21.9 Å². The van der Waals surface area contributed by atoms with Gasteiger partial charge in [0, 0.05) is 4.83 Å². The van der Waals surface area contributed by atoms with Crippen LogP contribution in [0.4, 0.5) is 0 Å². The number of carboxylic acids is 1. The third-order valence-corrected chi connectivity index (χ3v) is 1.81. The summed E-state index contributed by atoms with van der Waals surface area (Å²) in [6.07, 6.45) is 1.09. The summed E-state index contributed by atoms with van der Waals surface area (Å²) in [5.74, 6) is -0.742. The minimum atomic E-state index is -0.742. The molecule has 0 spiro atoms. The molecule has 0 aromatic rings. The van der Waals surface area contributed by atoms with Gasteiger partial charge in [0.15, 0.2) is 0 Å². The molecule has 48 valence electrons. The molecule has 0 amide bonds. The molecular formula is C5H9BrO2. The number of aliphatic carboxylic acids is 1. The number of carboxylic acid groups (broad SMARTS) is 1. The Hall–Kier alpha value is -0.0500. The monoisotopic (exact) mass is 180 g/mol. The van der Waals surface area contributed by atoms with Gasteiger partial charge in [0.25, 0.3) is 0 Å². The van der Waals surface area contributed by atoms with Gasteiger partial charge in [0.05, 0.1) is 6.42 Å². The van der Waals surface area contributed by atoms with E-state index in [2.05, 4.69) is 15.9 Å². The highest BCUT2D eigenvalue weighted by Gasteiger charge is 2.04. The molecule has 8 heavy (non-hydrogen) atoms. The third kappa shape index (κ3) is 4.12. The van der Waals surface area contributed by atoms with Gasteiger partial charge in [-0.2, -0.15) is 0 Å². The predicted octanol–water partition coefficient (Wildman–Crippen LogP) is 1.63. The van der Waals surface area contributed by atoms with E-state index < -0.39 is 5.97 Å². The number of hydrogen-bond donors (Lipinski definition) is 1. The molecule has 2 nitrogen and oxygen atoms in total. The van der Waals surface area contributed by atoms with Gasteiger partial charge >= 0.3 is 5.97 Å². The maximum atomic E-state index is 9.94. The van der Waals surface area contributed by atoms with E-state index in [9.17, 15) is 4.79 Å². The van der Waals surface area contributed by atoms with E-state index in [1.54, 1.807) is 0 Å². The first-order valence-electron chi connectivity index (χ1n) is 2.52. The SMILES string of the molecule is CCC(Br)CC(=O)O. The fourth-order valence-corrected chi connectivity index (χ4v) is 0.611. The van der Waals surface area contributed by atoms with E-state index in [0.29, 0.717) is 0 Å². The summed E-state index contributed by atoms with van der Waals surface area (Å²) in [6.45, 7) is 1.95. The summed E-state index contributed by atoms with van der Waals surface area (Å²) in [6, 6.07) is 0. The zero-order valence-corrected chi connectivity index (χ0v) is 6.31. The van der Waals surface area contributed by atoms with Crippen LogP contribution in [-0.4, -0.2) is 15.9 Å². The van der Waals surface area contributed by atoms with Crippen LogP contribution in [0, 0.1) is 0 Å². The minimum Gasteiger partial charge on any atom is -0.481 e. The largest absolute Gasteiger partial charge is 0.481 e. The molecule has 0 aliphatic heterocycles. The van der Waals surface area contributed by atoms with Crippen LogP contribution in [0.1, 0.15) is 19.8 Å². The summed E-state index contributed by atoms with van der Waals surface area (Å²) >= 11 is 3.20. The molecule has 0 radical (unpaired) electrons. The fraction of sp³-hybridized carbons (Fsp3) is 0.800. The Morgan fingerprint density at radius 3 is 2.50 bits per heavy atom. The molecule has 0 bridgehead atoms. The van der Waals surface area contributed by atoms with Crippen LogP contribution in [0.2, 0.25) is 0 Å². The van der Waals surface area contributed by atoms with Crippen LogP contribution in [0.5, 0.6) is 0 Å². The van der Waals surface area contributed by atoms with Crippen molar-refractivity contribution in [2.45, 2.75) is 24.6 Å². The predicted molar refractivity (Wildman–Crippen MR) is 35.3 cm³/mol. The fourth-order valence-electron chi connectivity index (χ4n) is 0.334. The molecule has 3 heteroatoms. The van der Waals surface area contributed by atoms with E-state index >= 15 is 0 Å². The number of alkyl halides is 1. The van der Waals surface area contributed by atoms with E-state index in [0.717, 1.165) is 6.42 Å². The molecular weight excluding hydrogens is 172 g/mol. The van der Waals surface area contributed by atoms with E-state index in [1.165, 1.54) is 0 Å². The number of halogens is 1. The van der Waals surface area contributed by atoms with Gasteiger partial charge in [-0.3, -0.25) is 4.79 Å². The Kier molecular flexibility index (Phi) is 3.87. The molecule has 1 atom stereocenters. The molecule has 1 N–H and O–H groups in total. The Morgan fingerprint density at radius 1 is 1.88 bits per heavy atom. The highest BCUT2D eigenvalue weighted by Crippen LogP contribution is 2.07. The van der Waals surface area contributed by atoms with Crippen molar-refractivity contribution in [1.82, 2.24) is 0 Å². The summed E-state index contributed by atoms with van der Waals surface area (Å²) in [4.78, 5) is 10.1. The number of carbonyl (C=O) groups is 1. The van der Waals surface area contributed by atoms with E-state index in [4.69, 9.17) is 5.11 Å². The molecule has 0 rings (SSSR count). The standard InChI is InChI=1S/C5H9BrO2/c1-2-4(6)3-5(7)8/h4H,2-3H2,1H3,(H,7,8). The highest BCUT2D eigenvalue weighted by atomic mass is 79.9. The quantitative estimate of drug-likeness (QED) is 0.672. The molecule has 0 aliphatic rings.